The van der Waals surface area contributed by atoms with Crippen LogP contribution in [0.5, 0.6) is 0 Å². The molecule has 0 atom stereocenters. The number of aryl methyl sites for hydroxylation is 1. The van der Waals surface area contributed by atoms with Crippen molar-refractivity contribution in [2.24, 2.45) is 0 Å². The molecule has 0 fully saturated rings. The number of carbonyl (C=O) groups excluding carboxylic acids is 1. The predicted octanol–water partition coefficient (Wildman–Crippen LogP) is 1.39. The van der Waals surface area contributed by atoms with Crippen LogP contribution in [-0.4, -0.2) is 15.9 Å². The highest BCUT2D eigenvalue weighted by Gasteiger charge is 2.13. The van der Waals surface area contributed by atoms with Gasteiger partial charge in [-0.15, -0.1) is 0 Å². The second kappa shape index (κ2) is 4.28. The smallest absolute Gasteiger partial charge is 0.305 e. The van der Waals surface area contributed by atoms with Crippen molar-refractivity contribution in [2.75, 3.05) is 5.32 Å². The van der Waals surface area contributed by atoms with Gasteiger partial charge >= 0.3 is 4.87 Å². The number of aromatic nitrogens is 2. The summed E-state index contributed by atoms with van der Waals surface area (Å²) in [5, 5.41) is 2.61. The zero-order chi connectivity index (χ0) is 11.5. The molecule has 0 aliphatic rings. The van der Waals surface area contributed by atoms with Crippen molar-refractivity contribution in [2.45, 2.75) is 6.92 Å². The summed E-state index contributed by atoms with van der Waals surface area (Å²) in [6.07, 6.45) is 1.59. The van der Waals surface area contributed by atoms with Gasteiger partial charge in [0.1, 0.15) is 10.7 Å². The van der Waals surface area contributed by atoms with Gasteiger partial charge in [-0.05, 0) is 19.1 Å². The number of anilines is 1. The third-order valence-electron chi connectivity index (χ3n) is 1.94. The highest BCUT2D eigenvalue weighted by atomic mass is 32.1. The zero-order valence-corrected chi connectivity index (χ0v) is 9.30. The van der Waals surface area contributed by atoms with E-state index in [0.717, 1.165) is 11.3 Å². The molecule has 2 aromatic rings. The minimum atomic E-state index is -0.320. The van der Waals surface area contributed by atoms with Crippen molar-refractivity contribution in [3.63, 3.8) is 0 Å². The molecule has 0 bridgehead atoms. The van der Waals surface area contributed by atoms with E-state index in [2.05, 4.69) is 15.3 Å². The highest BCUT2D eigenvalue weighted by molar-refractivity contribution is 7.11. The zero-order valence-electron chi connectivity index (χ0n) is 8.48. The maximum Gasteiger partial charge on any atom is 0.305 e. The average Bonchev–Trinajstić information content (AvgIpc) is 2.59. The molecule has 2 aromatic heterocycles. The normalized spacial score (nSPS) is 10.1. The number of carbonyl (C=O) groups is 1. The SMILES string of the molecule is Cc1[nH]c(=O)sc1C(=O)Nc1ccccn1. The van der Waals surface area contributed by atoms with Gasteiger partial charge < -0.3 is 10.3 Å². The van der Waals surface area contributed by atoms with Crippen molar-refractivity contribution in [1.82, 2.24) is 9.97 Å². The van der Waals surface area contributed by atoms with E-state index < -0.39 is 0 Å². The van der Waals surface area contributed by atoms with E-state index in [0.29, 0.717) is 16.4 Å². The van der Waals surface area contributed by atoms with Crippen LogP contribution in [0.25, 0.3) is 0 Å². The van der Waals surface area contributed by atoms with E-state index in [1.54, 1.807) is 31.3 Å². The van der Waals surface area contributed by atoms with Crippen molar-refractivity contribution < 1.29 is 4.79 Å². The number of hydrogen-bond donors (Lipinski definition) is 2. The van der Waals surface area contributed by atoms with E-state index in [4.69, 9.17) is 0 Å². The summed E-state index contributed by atoms with van der Waals surface area (Å²) >= 11 is 0.891. The molecule has 82 valence electrons. The van der Waals surface area contributed by atoms with Gasteiger partial charge in [0.15, 0.2) is 0 Å². The summed E-state index contributed by atoms with van der Waals surface area (Å²) < 4.78 is 0. The van der Waals surface area contributed by atoms with Crippen LogP contribution < -0.4 is 10.2 Å². The Labute approximate surface area is 95.2 Å². The molecular formula is C10H9N3O2S. The third kappa shape index (κ3) is 2.17. The van der Waals surface area contributed by atoms with Crippen molar-refractivity contribution >= 4 is 23.1 Å². The molecule has 1 amide bonds. The summed E-state index contributed by atoms with van der Waals surface area (Å²) in [6.45, 7) is 1.69. The molecule has 16 heavy (non-hydrogen) atoms. The van der Waals surface area contributed by atoms with Gasteiger partial charge in [0.25, 0.3) is 5.91 Å². The fourth-order valence-corrected chi connectivity index (χ4v) is 1.97. The lowest BCUT2D eigenvalue weighted by atomic mass is 10.3. The van der Waals surface area contributed by atoms with Gasteiger partial charge in [0.05, 0.1) is 0 Å². The maximum absolute atomic E-state index is 11.7. The van der Waals surface area contributed by atoms with Crippen LogP contribution in [0, 0.1) is 6.92 Å². The first-order valence-electron chi connectivity index (χ1n) is 4.59. The van der Waals surface area contributed by atoms with Crippen LogP contribution in [0.3, 0.4) is 0 Å². The van der Waals surface area contributed by atoms with Crippen molar-refractivity contribution in [3.8, 4) is 0 Å². The minimum absolute atomic E-state index is 0.233. The van der Waals surface area contributed by atoms with Gasteiger partial charge in [0.2, 0.25) is 0 Å². The van der Waals surface area contributed by atoms with E-state index >= 15 is 0 Å². The lowest BCUT2D eigenvalue weighted by molar-refractivity contribution is 0.102. The molecular weight excluding hydrogens is 226 g/mol. The second-order valence-corrected chi connectivity index (χ2v) is 4.12. The number of amides is 1. The molecule has 0 unspecified atom stereocenters. The first kappa shape index (κ1) is 10.6. The number of nitrogens with one attached hydrogen (secondary N) is 2. The minimum Gasteiger partial charge on any atom is -0.316 e. The van der Waals surface area contributed by atoms with Gasteiger partial charge in [-0.3, -0.25) is 9.59 Å². The monoisotopic (exact) mass is 235 g/mol. The molecule has 2 rings (SSSR count). The summed E-state index contributed by atoms with van der Waals surface area (Å²) in [4.78, 5) is 29.5. The average molecular weight is 235 g/mol. The number of thiazole rings is 1. The fourth-order valence-electron chi connectivity index (χ4n) is 1.23. The number of rotatable bonds is 2. The van der Waals surface area contributed by atoms with Crippen LogP contribution in [-0.2, 0) is 0 Å². The van der Waals surface area contributed by atoms with E-state index in [-0.39, 0.29) is 10.8 Å². The standard InChI is InChI=1S/C10H9N3O2S/c1-6-8(16-10(15)12-6)9(14)13-7-4-2-3-5-11-7/h2-5H,1H3,(H,12,15)(H,11,13,14). The van der Waals surface area contributed by atoms with Crippen LogP contribution in [0.2, 0.25) is 0 Å². The second-order valence-electron chi connectivity index (χ2n) is 3.14. The third-order valence-corrected chi connectivity index (χ3v) is 2.92. The number of aromatic amines is 1. The Morgan fingerprint density at radius 1 is 1.50 bits per heavy atom. The Hall–Kier alpha value is -1.95. The van der Waals surface area contributed by atoms with Gasteiger partial charge in [-0.2, -0.15) is 0 Å². The molecule has 0 spiro atoms. The lowest BCUT2D eigenvalue weighted by Crippen LogP contribution is -2.12. The van der Waals surface area contributed by atoms with E-state index in [1.165, 1.54) is 0 Å². The predicted molar refractivity (Wildman–Crippen MR) is 61.9 cm³/mol. The van der Waals surface area contributed by atoms with Crippen LogP contribution in [0.1, 0.15) is 15.4 Å². The molecule has 0 saturated heterocycles. The first-order chi connectivity index (χ1) is 7.66. The van der Waals surface area contributed by atoms with Crippen LogP contribution in [0.15, 0.2) is 29.2 Å². The molecule has 5 nitrogen and oxygen atoms in total. The summed E-state index contributed by atoms with van der Waals surface area (Å²) in [5.74, 6) is 0.146. The van der Waals surface area contributed by atoms with Crippen LogP contribution in [0.4, 0.5) is 5.82 Å². The largest absolute Gasteiger partial charge is 0.316 e. The molecule has 0 aliphatic carbocycles. The van der Waals surface area contributed by atoms with E-state index in [9.17, 15) is 9.59 Å². The molecule has 0 aliphatic heterocycles. The topological polar surface area (TPSA) is 74.8 Å². The van der Waals surface area contributed by atoms with Gasteiger partial charge in [0, 0.05) is 11.9 Å². The number of H-pyrrole nitrogens is 1. The highest BCUT2D eigenvalue weighted by Crippen LogP contribution is 2.10. The Bertz CT molecular complexity index is 559. The molecule has 2 N–H and O–H groups in total. The van der Waals surface area contributed by atoms with Crippen LogP contribution >= 0.6 is 11.3 Å². The lowest BCUT2D eigenvalue weighted by Gasteiger charge is -2.01. The molecule has 6 heteroatoms. The quantitative estimate of drug-likeness (QED) is 0.826. The summed E-state index contributed by atoms with van der Waals surface area (Å²) in [7, 11) is 0. The van der Waals surface area contributed by atoms with Gasteiger partial charge in [-0.25, -0.2) is 4.98 Å². The fraction of sp³-hybridized carbons (Fsp3) is 0.100. The van der Waals surface area contributed by atoms with E-state index in [1.807, 2.05) is 0 Å². The Morgan fingerprint density at radius 2 is 2.31 bits per heavy atom. The molecule has 0 aromatic carbocycles. The van der Waals surface area contributed by atoms with Gasteiger partial charge in [-0.1, -0.05) is 17.4 Å². The Balaban J connectivity index is 2.21. The Kier molecular flexibility index (Phi) is 2.82. The van der Waals surface area contributed by atoms with Crippen molar-refractivity contribution in [3.05, 3.63) is 44.6 Å². The van der Waals surface area contributed by atoms with Crippen molar-refractivity contribution in [1.29, 1.82) is 0 Å². The Morgan fingerprint density at radius 3 is 2.88 bits per heavy atom. The number of hydrogen-bond acceptors (Lipinski definition) is 4. The first-order valence-corrected chi connectivity index (χ1v) is 5.40. The molecule has 2 heterocycles. The number of pyridine rings is 1. The number of nitrogens with zero attached hydrogens (tertiary/aromatic N) is 1. The summed E-state index contributed by atoms with van der Waals surface area (Å²) in [5.41, 5.74) is 0.573. The molecule has 0 radical (unpaired) electrons. The molecule has 0 saturated carbocycles. The maximum atomic E-state index is 11.7. The summed E-state index contributed by atoms with van der Waals surface area (Å²) in [6, 6.07) is 5.22.